The molecule has 3 aromatic rings. The molecular formula is C19H18N2O5S3. The summed E-state index contributed by atoms with van der Waals surface area (Å²) in [5.74, 6) is -0.993. The first kappa shape index (κ1) is 20.0. The fourth-order valence-electron chi connectivity index (χ4n) is 3.43. The van der Waals surface area contributed by atoms with Crippen molar-refractivity contribution in [2.75, 3.05) is 19.0 Å². The zero-order valence-corrected chi connectivity index (χ0v) is 17.9. The molecule has 7 nitrogen and oxygen atoms in total. The molecule has 0 saturated carbocycles. The quantitative estimate of drug-likeness (QED) is 0.600. The Morgan fingerprint density at radius 3 is 2.72 bits per heavy atom. The lowest BCUT2D eigenvalue weighted by Crippen LogP contribution is -2.43. The number of benzene rings is 1. The van der Waals surface area contributed by atoms with Gasteiger partial charge in [0, 0.05) is 16.6 Å². The summed E-state index contributed by atoms with van der Waals surface area (Å²) in [6.07, 6.45) is 1.02. The number of methoxy groups -OCH3 is 1. The topological polar surface area (TPSA) is 92.8 Å². The van der Waals surface area contributed by atoms with Crippen LogP contribution in [0.25, 0.3) is 10.1 Å². The van der Waals surface area contributed by atoms with Crippen LogP contribution >= 0.6 is 22.7 Å². The summed E-state index contributed by atoms with van der Waals surface area (Å²) in [5.41, 5.74) is 0.364. The number of rotatable bonds is 5. The minimum absolute atomic E-state index is 0.216. The molecule has 1 fully saturated rings. The van der Waals surface area contributed by atoms with E-state index in [9.17, 15) is 18.0 Å². The van der Waals surface area contributed by atoms with Crippen LogP contribution in [0.3, 0.4) is 0 Å². The van der Waals surface area contributed by atoms with Crippen molar-refractivity contribution >= 4 is 60.3 Å². The van der Waals surface area contributed by atoms with Crippen LogP contribution < -0.4 is 5.32 Å². The number of fused-ring (bicyclic) bond motifs is 1. The van der Waals surface area contributed by atoms with Crippen molar-refractivity contribution in [2.45, 2.75) is 23.1 Å². The fourth-order valence-corrected chi connectivity index (χ4v) is 7.28. The first-order chi connectivity index (χ1) is 13.9. The molecule has 3 heterocycles. The number of hydrogen-bond donors (Lipinski definition) is 1. The van der Waals surface area contributed by atoms with E-state index in [1.807, 2.05) is 24.3 Å². The van der Waals surface area contributed by atoms with E-state index in [1.165, 1.54) is 28.8 Å². The van der Waals surface area contributed by atoms with Crippen LogP contribution in [-0.4, -0.2) is 44.3 Å². The van der Waals surface area contributed by atoms with Gasteiger partial charge in [-0.2, -0.15) is 4.31 Å². The standard InChI is InChI=1S/C19H18N2O5S3/c1-26-19(23)17-16(12-6-2-3-8-14(12)28-17)20-18(22)13-7-4-10-21(13)29(24,25)15-9-5-11-27-15/h2-3,5-6,8-9,11,13H,4,7,10H2,1H3,(H,20,22)/t13-/m1/s1. The number of esters is 1. The van der Waals surface area contributed by atoms with E-state index in [0.29, 0.717) is 18.5 Å². The summed E-state index contributed by atoms with van der Waals surface area (Å²) in [6.45, 7) is 0.284. The van der Waals surface area contributed by atoms with Gasteiger partial charge in [0.1, 0.15) is 15.1 Å². The summed E-state index contributed by atoms with van der Waals surface area (Å²) in [5, 5.41) is 5.22. The van der Waals surface area contributed by atoms with Crippen molar-refractivity contribution in [3.63, 3.8) is 0 Å². The average Bonchev–Trinajstić information content (AvgIpc) is 3.47. The second-order valence-corrected chi connectivity index (χ2v) is 10.6. The maximum Gasteiger partial charge on any atom is 0.350 e. The molecule has 0 unspecified atom stereocenters. The second-order valence-electron chi connectivity index (χ2n) is 6.49. The number of hydrogen-bond acceptors (Lipinski definition) is 7. The monoisotopic (exact) mass is 450 g/mol. The first-order valence-corrected chi connectivity index (χ1v) is 12.0. The number of carbonyl (C=O) groups excluding carboxylic acids is 2. The van der Waals surface area contributed by atoms with E-state index in [2.05, 4.69) is 5.32 Å². The van der Waals surface area contributed by atoms with E-state index in [4.69, 9.17) is 4.74 Å². The predicted molar refractivity (Wildman–Crippen MR) is 113 cm³/mol. The molecule has 2 aromatic heterocycles. The molecule has 152 valence electrons. The molecule has 10 heteroatoms. The van der Waals surface area contributed by atoms with E-state index >= 15 is 0 Å². The molecule has 1 aliphatic rings. The Morgan fingerprint density at radius 2 is 2.00 bits per heavy atom. The van der Waals surface area contributed by atoms with Gasteiger partial charge in [0.2, 0.25) is 5.91 Å². The Bertz CT molecular complexity index is 1170. The minimum atomic E-state index is -3.74. The van der Waals surface area contributed by atoms with E-state index in [1.54, 1.807) is 11.4 Å². The predicted octanol–water partition coefficient (Wildman–Crippen LogP) is 3.54. The smallest absolute Gasteiger partial charge is 0.350 e. The zero-order chi connectivity index (χ0) is 20.6. The molecule has 29 heavy (non-hydrogen) atoms. The third kappa shape index (κ3) is 3.57. The third-order valence-electron chi connectivity index (χ3n) is 4.78. The van der Waals surface area contributed by atoms with Crippen molar-refractivity contribution in [3.8, 4) is 0 Å². The van der Waals surface area contributed by atoms with Crippen molar-refractivity contribution < 1.29 is 22.7 Å². The molecule has 1 atom stereocenters. The highest BCUT2D eigenvalue weighted by molar-refractivity contribution is 7.91. The van der Waals surface area contributed by atoms with Gasteiger partial charge in [0.25, 0.3) is 10.0 Å². The van der Waals surface area contributed by atoms with E-state index in [0.717, 1.165) is 21.4 Å². The van der Waals surface area contributed by atoms with Gasteiger partial charge in [-0.3, -0.25) is 4.79 Å². The number of nitrogens with zero attached hydrogens (tertiary/aromatic N) is 1. The summed E-state index contributed by atoms with van der Waals surface area (Å²) < 4.78 is 33.0. The van der Waals surface area contributed by atoms with Gasteiger partial charge in [-0.05, 0) is 30.4 Å². The Kier molecular flexibility index (Phi) is 5.43. The van der Waals surface area contributed by atoms with Crippen LogP contribution in [0.15, 0.2) is 46.0 Å². The molecule has 0 aliphatic carbocycles. The van der Waals surface area contributed by atoms with Gasteiger partial charge in [0.05, 0.1) is 12.8 Å². The van der Waals surface area contributed by atoms with Crippen LogP contribution in [0.2, 0.25) is 0 Å². The van der Waals surface area contributed by atoms with Crippen LogP contribution in [0.5, 0.6) is 0 Å². The highest BCUT2D eigenvalue weighted by Crippen LogP contribution is 2.37. The minimum Gasteiger partial charge on any atom is -0.465 e. The van der Waals surface area contributed by atoms with Gasteiger partial charge in [-0.15, -0.1) is 22.7 Å². The molecule has 0 bridgehead atoms. The molecule has 1 amide bonds. The number of nitrogens with one attached hydrogen (secondary N) is 1. The van der Waals surface area contributed by atoms with Gasteiger partial charge >= 0.3 is 5.97 Å². The average molecular weight is 451 g/mol. The second kappa shape index (κ2) is 7.86. The fraction of sp³-hybridized carbons (Fsp3) is 0.263. The molecule has 0 radical (unpaired) electrons. The first-order valence-electron chi connectivity index (χ1n) is 8.89. The summed E-state index contributed by atoms with van der Waals surface area (Å²) in [7, 11) is -2.46. The Morgan fingerprint density at radius 1 is 1.21 bits per heavy atom. The zero-order valence-electron chi connectivity index (χ0n) is 15.5. The lowest BCUT2D eigenvalue weighted by Gasteiger charge is -2.22. The van der Waals surface area contributed by atoms with Crippen LogP contribution in [0.1, 0.15) is 22.5 Å². The lowest BCUT2D eigenvalue weighted by molar-refractivity contribution is -0.119. The molecule has 1 N–H and O–H groups in total. The number of sulfonamides is 1. The number of ether oxygens (including phenoxy) is 1. The van der Waals surface area contributed by atoms with Gasteiger partial charge in [0.15, 0.2) is 0 Å². The van der Waals surface area contributed by atoms with E-state index in [-0.39, 0.29) is 15.6 Å². The highest BCUT2D eigenvalue weighted by Gasteiger charge is 2.40. The van der Waals surface area contributed by atoms with Crippen molar-refractivity contribution in [2.24, 2.45) is 0 Å². The summed E-state index contributed by atoms with van der Waals surface area (Å²) in [4.78, 5) is 25.6. The molecule has 0 spiro atoms. The summed E-state index contributed by atoms with van der Waals surface area (Å²) in [6, 6.07) is 9.70. The van der Waals surface area contributed by atoms with Crippen LogP contribution in [-0.2, 0) is 19.6 Å². The highest BCUT2D eigenvalue weighted by atomic mass is 32.2. The van der Waals surface area contributed by atoms with Crippen LogP contribution in [0, 0.1) is 0 Å². The van der Waals surface area contributed by atoms with Crippen molar-refractivity contribution in [1.29, 1.82) is 0 Å². The number of carbonyl (C=O) groups is 2. The number of thiophene rings is 2. The van der Waals surface area contributed by atoms with Gasteiger partial charge in [-0.1, -0.05) is 24.3 Å². The number of amides is 1. The van der Waals surface area contributed by atoms with Crippen molar-refractivity contribution in [1.82, 2.24) is 4.31 Å². The summed E-state index contributed by atoms with van der Waals surface area (Å²) >= 11 is 2.35. The van der Waals surface area contributed by atoms with E-state index < -0.39 is 27.9 Å². The maximum absolute atomic E-state index is 13.1. The molecule has 1 saturated heterocycles. The Hall–Kier alpha value is -2.27. The Labute approximate surface area is 176 Å². The Balaban J connectivity index is 1.67. The SMILES string of the molecule is COC(=O)c1sc2ccccc2c1NC(=O)[C@H]1CCCN1S(=O)(=O)c1cccs1. The largest absolute Gasteiger partial charge is 0.465 e. The van der Waals surface area contributed by atoms with Crippen molar-refractivity contribution in [3.05, 3.63) is 46.7 Å². The normalized spacial score (nSPS) is 17.5. The van der Waals surface area contributed by atoms with Crippen LogP contribution in [0.4, 0.5) is 5.69 Å². The molecule has 1 aromatic carbocycles. The lowest BCUT2D eigenvalue weighted by atomic mass is 10.2. The van der Waals surface area contributed by atoms with Gasteiger partial charge in [-0.25, -0.2) is 13.2 Å². The number of anilines is 1. The molecule has 1 aliphatic heterocycles. The molecular weight excluding hydrogens is 432 g/mol. The van der Waals surface area contributed by atoms with Gasteiger partial charge < -0.3 is 10.1 Å². The maximum atomic E-state index is 13.1. The third-order valence-corrected chi connectivity index (χ3v) is 9.21. The molecule has 4 rings (SSSR count).